The third kappa shape index (κ3) is 4.02. The molecule has 0 aliphatic carbocycles. The molecular formula is C15H22FN3O. The van der Waals surface area contributed by atoms with Crippen LogP contribution in [-0.2, 0) is 11.3 Å². The fourth-order valence-electron chi connectivity index (χ4n) is 2.52. The Kier molecular flexibility index (Phi) is 5.09. The number of halogens is 1. The third-order valence-corrected chi connectivity index (χ3v) is 3.69. The molecule has 1 heterocycles. The molecule has 1 saturated heterocycles. The van der Waals surface area contributed by atoms with Crippen LogP contribution in [0.4, 0.5) is 4.39 Å². The number of carbonyl (C=O) groups excluding carboxylic acids is 1. The second-order valence-electron chi connectivity index (χ2n) is 5.48. The highest BCUT2D eigenvalue weighted by molar-refractivity contribution is 5.78. The minimum absolute atomic E-state index is 0.00218. The zero-order chi connectivity index (χ0) is 14.5. The number of hydrogen-bond donors (Lipinski definition) is 1. The van der Waals surface area contributed by atoms with Crippen LogP contribution in [0.1, 0.15) is 18.4 Å². The predicted octanol–water partition coefficient (Wildman–Crippen LogP) is 1.21. The van der Waals surface area contributed by atoms with Gasteiger partial charge in [0.1, 0.15) is 5.82 Å². The Balaban J connectivity index is 1.87. The van der Waals surface area contributed by atoms with Gasteiger partial charge in [0.25, 0.3) is 0 Å². The van der Waals surface area contributed by atoms with Gasteiger partial charge in [0, 0.05) is 31.7 Å². The Morgan fingerprint density at radius 3 is 2.95 bits per heavy atom. The van der Waals surface area contributed by atoms with Crippen LogP contribution in [0, 0.1) is 5.82 Å². The second-order valence-corrected chi connectivity index (χ2v) is 5.48. The van der Waals surface area contributed by atoms with Gasteiger partial charge in [-0.15, -0.1) is 0 Å². The third-order valence-electron chi connectivity index (χ3n) is 3.69. The number of amides is 1. The molecule has 20 heavy (non-hydrogen) atoms. The fourth-order valence-corrected chi connectivity index (χ4v) is 2.52. The first kappa shape index (κ1) is 14.9. The van der Waals surface area contributed by atoms with Gasteiger partial charge in [0.05, 0.1) is 6.54 Å². The summed E-state index contributed by atoms with van der Waals surface area (Å²) >= 11 is 0. The average Bonchev–Trinajstić information content (AvgIpc) is 2.41. The van der Waals surface area contributed by atoms with Crippen LogP contribution in [0.15, 0.2) is 24.3 Å². The van der Waals surface area contributed by atoms with Crippen LogP contribution in [-0.4, -0.2) is 48.4 Å². The number of benzene rings is 1. The summed E-state index contributed by atoms with van der Waals surface area (Å²) in [5, 5.41) is 0. The molecule has 1 aromatic rings. The van der Waals surface area contributed by atoms with E-state index in [1.54, 1.807) is 30.1 Å². The Labute approximate surface area is 119 Å². The van der Waals surface area contributed by atoms with Crippen molar-refractivity contribution in [1.82, 2.24) is 9.80 Å². The Hall–Kier alpha value is -1.46. The van der Waals surface area contributed by atoms with Crippen molar-refractivity contribution in [2.24, 2.45) is 5.73 Å². The van der Waals surface area contributed by atoms with Gasteiger partial charge in [0.2, 0.25) is 5.91 Å². The molecule has 1 amide bonds. The van der Waals surface area contributed by atoms with E-state index in [1.807, 2.05) is 0 Å². The molecule has 4 nitrogen and oxygen atoms in total. The summed E-state index contributed by atoms with van der Waals surface area (Å²) < 4.78 is 13.6. The van der Waals surface area contributed by atoms with Crippen molar-refractivity contribution in [3.63, 3.8) is 0 Å². The van der Waals surface area contributed by atoms with Crippen molar-refractivity contribution in [1.29, 1.82) is 0 Å². The Bertz CT molecular complexity index is 466. The molecule has 2 rings (SSSR count). The quantitative estimate of drug-likeness (QED) is 0.901. The van der Waals surface area contributed by atoms with Crippen LogP contribution < -0.4 is 5.73 Å². The average molecular weight is 279 g/mol. The summed E-state index contributed by atoms with van der Waals surface area (Å²) in [6.45, 7) is 2.33. The van der Waals surface area contributed by atoms with Crippen molar-refractivity contribution in [3.8, 4) is 0 Å². The number of hydrogen-bond acceptors (Lipinski definition) is 3. The standard InChI is InChI=1S/C15H22FN3O/c1-18(9-12-5-2-3-7-14(12)16)15(20)11-19-8-4-6-13(17)10-19/h2-3,5,7,13H,4,6,8-11,17H2,1H3. The van der Waals surface area contributed by atoms with E-state index in [1.165, 1.54) is 6.07 Å². The molecule has 0 bridgehead atoms. The molecule has 1 atom stereocenters. The van der Waals surface area contributed by atoms with Gasteiger partial charge in [-0.2, -0.15) is 0 Å². The number of likely N-dealkylation sites (tertiary alicyclic amines) is 1. The maximum absolute atomic E-state index is 13.6. The van der Waals surface area contributed by atoms with Gasteiger partial charge in [0.15, 0.2) is 0 Å². The fraction of sp³-hybridized carbons (Fsp3) is 0.533. The van der Waals surface area contributed by atoms with Crippen LogP contribution in [0.5, 0.6) is 0 Å². The van der Waals surface area contributed by atoms with E-state index < -0.39 is 0 Å². The summed E-state index contributed by atoms with van der Waals surface area (Å²) in [4.78, 5) is 15.8. The van der Waals surface area contributed by atoms with E-state index in [9.17, 15) is 9.18 Å². The molecule has 1 fully saturated rings. The number of nitrogens with two attached hydrogens (primary N) is 1. The van der Waals surface area contributed by atoms with Crippen LogP contribution >= 0.6 is 0 Å². The van der Waals surface area contributed by atoms with E-state index in [0.717, 1.165) is 25.9 Å². The number of nitrogens with zero attached hydrogens (tertiary/aromatic N) is 2. The summed E-state index contributed by atoms with van der Waals surface area (Å²) in [6, 6.07) is 6.71. The predicted molar refractivity (Wildman–Crippen MR) is 76.5 cm³/mol. The minimum atomic E-state index is -0.271. The smallest absolute Gasteiger partial charge is 0.236 e. The molecular weight excluding hydrogens is 257 g/mol. The Morgan fingerprint density at radius 1 is 1.50 bits per heavy atom. The highest BCUT2D eigenvalue weighted by Crippen LogP contribution is 2.11. The van der Waals surface area contributed by atoms with Crippen molar-refractivity contribution in [2.75, 3.05) is 26.7 Å². The van der Waals surface area contributed by atoms with Gasteiger partial charge in [-0.1, -0.05) is 18.2 Å². The van der Waals surface area contributed by atoms with Crippen LogP contribution in [0.25, 0.3) is 0 Å². The lowest BCUT2D eigenvalue weighted by Gasteiger charge is -2.31. The van der Waals surface area contributed by atoms with Crippen molar-refractivity contribution >= 4 is 5.91 Å². The number of rotatable bonds is 4. The first-order valence-electron chi connectivity index (χ1n) is 7.01. The van der Waals surface area contributed by atoms with E-state index in [4.69, 9.17) is 5.73 Å². The highest BCUT2D eigenvalue weighted by atomic mass is 19.1. The molecule has 1 aliphatic rings. The topological polar surface area (TPSA) is 49.6 Å². The van der Waals surface area contributed by atoms with E-state index in [0.29, 0.717) is 18.7 Å². The molecule has 0 saturated carbocycles. The first-order valence-corrected chi connectivity index (χ1v) is 7.01. The molecule has 5 heteroatoms. The monoisotopic (exact) mass is 279 g/mol. The molecule has 1 aromatic carbocycles. The molecule has 1 unspecified atom stereocenters. The maximum Gasteiger partial charge on any atom is 0.236 e. The molecule has 0 radical (unpaired) electrons. The lowest BCUT2D eigenvalue weighted by atomic mass is 10.1. The van der Waals surface area contributed by atoms with Crippen molar-refractivity contribution in [3.05, 3.63) is 35.6 Å². The van der Waals surface area contributed by atoms with E-state index >= 15 is 0 Å². The Morgan fingerprint density at radius 2 is 2.25 bits per heavy atom. The molecule has 1 aliphatic heterocycles. The van der Waals surface area contributed by atoms with E-state index in [-0.39, 0.29) is 17.8 Å². The second kappa shape index (κ2) is 6.81. The summed E-state index contributed by atoms with van der Waals surface area (Å²) in [5.74, 6) is -0.269. The lowest BCUT2D eigenvalue weighted by molar-refractivity contribution is -0.131. The highest BCUT2D eigenvalue weighted by Gasteiger charge is 2.20. The summed E-state index contributed by atoms with van der Waals surface area (Å²) in [7, 11) is 1.71. The number of carbonyl (C=O) groups is 1. The van der Waals surface area contributed by atoms with Crippen molar-refractivity contribution in [2.45, 2.75) is 25.4 Å². The number of piperidine rings is 1. The molecule has 0 spiro atoms. The summed E-state index contributed by atoms with van der Waals surface area (Å²) in [6.07, 6.45) is 2.06. The number of likely N-dealkylation sites (N-methyl/N-ethyl adjacent to an activating group) is 1. The van der Waals surface area contributed by atoms with Crippen LogP contribution in [0.3, 0.4) is 0 Å². The molecule has 2 N–H and O–H groups in total. The SMILES string of the molecule is CN(Cc1ccccc1F)C(=O)CN1CCCC(N)C1. The largest absolute Gasteiger partial charge is 0.340 e. The van der Waals surface area contributed by atoms with Crippen molar-refractivity contribution < 1.29 is 9.18 Å². The zero-order valence-electron chi connectivity index (χ0n) is 11.9. The van der Waals surface area contributed by atoms with Gasteiger partial charge >= 0.3 is 0 Å². The minimum Gasteiger partial charge on any atom is -0.340 e. The van der Waals surface area contributed by atoms with E-state index in [2.05, 4.69) is 4.90 Å². The molecule has 0 aromatic heterocycles. The zero-order valence-corrected chi connectivity index (χ0v) is 11.9. The van der Waals surface area contributed by atoms with Crippen LogP contribution in [0.2, 0.25) is 0 Å². The normalized spacial score (nSPS) is 19.9. The first-order chi connectivity index (χ1) is 9.56. The van der Waals surface area contributed by atoms with Gasteiger partial charge in [-0.25, -0.2) is 4.39 Å². The summed E-state index contributed by atoms with van der Waals surface area (Å²) in [5.41, 5.74) is 6.44. The van der Waals surface area contributed by atoms with Gasteiger partial charge in [-0.05, 0) is 25.5 Å². The van der Waals surface area contributed by atoms with Gasteiger partial charge in [-0.3, -0.25) is 9.69 Å². The molecule has 110 valence electrons. The maximum atomic E-state index is 13.6. The lowest BCUT2D eigenvalue weighted by Crippen LogP contribution is -2.47. The van der Waals surface area contributed by atoms with Gasteiger partial charge < -0.3 is 10.6 Å².